The second-order valence-corrected chi connectivity index (χ2v) is 14.3. The van der Waals surface area contributed by atoms with Gasteiger partial charge in [-0.2, -0.15) is 4.58 Å². The summed E-state index contributed by atoms with van der Waals surface area (Å²) in [5.41, 5.74) is 8.92. The Kier molecular flexibility index (Phi) is 6.79. The van der Waals surface area contributed by atoms with Gasteiger partial charge in [0, 0.05) is 31.4 Å². The van der Waals surface area contributed by atoms with E-state index in [1.165, 1.54) is 33.5 Å². The molecule has 0 aliphatic carbocycles. The van der Waals surface area contributed by atoms with Crippen LogP contribution in [0, 0.1) is 0 Å². The molecule has 1 atom stereocenters. The van der Waals surface area contributed by atoms with Crippen molar-refractivity contribution >= 4 is 11.9 Å². The average Bonchev–Trinajstić information content (AvgIpc) is 2.95. The summed E-state index contributed by atoms with van der Waals surface area (Å²) in [4.78, 5) is 0. The molecule has 0 spiro atoms. The van der Waals surface area contributed by atoms with Crippen LogP contribution in [0.3, 0.4) is 0 Å². The minimum atomic E-state index is -0.0247. The molecule has 1 heterocycles. The van der Waals surface area contributed by atoms with Crippen molar-refractivity contribution in [2.24, 2.45) is 0 Å². The van der Waals surface area contributed by atoms with Gasteiger partial charge in [0.05, 0.1) is 5.41 Å². The third kappa shape index (κ3) is 5.05. The molecule has 0 saturated carbocycles. The lowest BCUT2D eigenvalue weighted by Crippen LogP contribution is -2.32. The first kappa shape index (κ1) is 26.7. The molecule has 0 saturated heterocycles. The highest BCUT2D eigenvalue weighted by Gasteiger charge is 2.51. The molecule has 0 fully saturated rings. The van der Waals surface area contributed by atoms with Crippen LogP contribution >= 0.6 is 0 Å². The summed E-state index contributed by atoms with van der Waals surface area (Å²) in [6.45, 7) is 30.6. The molecular weight excluding hydrogens is 410 g/mol. The Morgan fingerprint density at radius 3 is 1.56 bits per heavy atom. The first-order valence-electron chi connectivity index (χ1n) is 13.3. The second kappa shape index (κ2) is 8.65. The van der Waals surface area contributed by atoms with Gasteiger partial charge in [0.1, 0.15) is 0 Å². The van der Waals surface area contributed by atoms with E-state index in [1.54, 1.807) is 0 Å². The lowest BCUT2D eigenvalue weighted by Gasteiger charge is -2.30. The van der Waals surface area contributed by atoms with E-state index in [1.807, 2.05) is 0 Å². The Balaban J connectivity index is 2.30. The minimum Gasteiger partial charge on any atom is -0.196 e. The Morgan fingerprint density at radius 2 is 1.18 bits per heavy atom. The van der Waals surface area contributed by atoms with E-state index >= 15 is 0 Å². The van der Waals surface area contributed by atoms with Gasteiger partial charge >= 0.3 is 0 Å². The van der Waals surface area contributed by atoms with Gasteiger partial charge in [-0.05, 0) is 46.3 Å². The SMILES string of the molecule is CC(C)c1cccc(C(C)C)c1[N+]1=CC(C)(c2cc(C(C)(C)C)cc(C(C)(C)C)c2)CC1(C)C. The van der Waals surface area contributed by atoms with E-state index in [0.717, 1.165) is 6.42 Å². The molecule has 1 unspecified atom stereocenters. The molecule has 34 heavy (non-hydrogen) atoms. The molecule has 0 radical (unpaired) electrons. The summed E-state index contributed by atoms with van der Waals surface area (Å²) in [6, 6.07) is 14.3. The molecule has 1 heteroatoms. The minimum absolute atomic E-state index is 0.0247. The van der Waals surface area contributed by atoms with Crippen LogP contribution in [0.25, 0.3) is 0 Å². The number of para-hydroxylation sites is 1. The Morgan fingerprint density at radius 1 is 0.735 bits per heavy atom. The highest BCUT2D eigenvalue weighted by atomic mass is 15.1. The molecule has 186 valence electrons. The Hall–Kier alpha value is -1.89. The van der Waals surface area contributed by atoms with Crippen molar-refractivity contribution in [2.45, 2.75) is 130 Å². The van der Waals surface area contributed by atoms with Crippen LogP contribution in [-0.2, 0) is 16.2 Å². The largest absolute Gasteiger partial charge is 0.212 e. The fourth-order valence-electron chi connectivity index (χ4n) is 5.65. The highest BCUT2D eigenvalue weighted by molar-refractivity contribution is 5.74. The van der Waals surface area contributed by atoms with Crippen molar-refractivity contribution in [3.8, 4) is 0 Å². The predicted molar refractivity (Wildman–Crippen MR) is 150 cm³/mol. The van der Waals surface area contributed by atoms with Crippen LogP contribution in [-0.4, -0.2) is 16.3 Å². The molecule has 0 N–H and O–H groups in total. The summed E-state index contributed by atoms with van der Waals surface area (Å²) < 4.78 is 2.64. The number of hydrogen-bond acceptors (Lipinski definition) is 0. The highest BCUT2D eigenvalue weighted by Crippen LogP contribution is 2.46. The van der Waals surface area contributed by atoms with Crippen molar-refractivity contribution in [3.05, 3.63) is 64.2 Å². The quantitative estimate of drug-likeness (QED) is 0.400. The normalized spacial score (nSPS) is 20.9. The lowest BCUT2D eigenvalue weighted by molar-refractivity contribution is -0.513. The average molecular weight is 461 g/mol. The maximum absolute atomic E-state index is 2.64. The van der Waals surface area contributed by atoms with Crippen molar-refractivity contribution in [1.29, 1.82) is 0 Å². The Labute approximate surface area is 210 Å². The van der Waals surface area contributed by atoms with Crippen molar-refractivity contribution in [1.82, 2.24) is 0 Å². The van der Waals surface area contributed by atoms with Crippen molar-refractivity contribution in [2.75, 3.05) is 0 Å². The summed E-state index contributed by atoms with van der Waals surface area (Å²) in [5, 5.41) is 0. The number of benzene rings is 2. The van der Waals surface area contributed by atoms with Crippen LogP contribution in [0.4, 0.5) is 5.69 Å². The molecule has 2 aromatic rings. The van der Waals surface area contributed by atoms with E-state index in [0.29, 0.717) is 11.8 Å². The topological polar surface area (TPSA) is 3.01 Å². The molecule has 2 aromatic carbocycles. The third-order valence-electron chi connectivity index (χ3n) is 7.77. The Bertz CT molecular complexity index is 1020. The second-order valence-electron chi connectivity index (χ2n) is 14.3. The van der Waals surface area contributed by atoms with Gasteiger partial charge < -0.3 is 0 Å². The molecule has 1 nitrogen and oxygen atoms in total. The first-order valence-corrected chi connectivity index (χ1v) is 13.3. The van der Waals surface area contributed by atoms with E-state index in [2.05, 4.69) is 137 Å². The van der Waals surface area contributed by atoms with Crippen molar-refractivity contribution in [3.63, 3.8) is 0 Å². The van der Waals surface area contributed by atoms with Crippen LogP contribution in [0.2, 0.25) is 0 Å². The van der Waals surface area contributed by atoms with Crippen LogP contribution < -0.4 is 0 Å². The molecular formula is C33H50N+. The van der Waals surface area contributed by atoms with Crippen molar-refractivity contribution < 1.29 is 4.58 Å². The lowest BCUT2D eigenvalue weighted by atomic mass is 9.72. The zero-order valence-corrected chi connectivity index (χ0v) is 24.4. The molecule has 0 amide bonds. The number of hydrogen-bond donors (Lipinski definition) is 0. The fraction of sp³-hybridized carbons (Fsp3) is 0.606. The van der Waals surface area contributed by atoms with Gasteiger partial charge in [0.2, 0.25) is 5.69 Å². The van der Waals surface area contributed by atoms with E-state index in [4.69, 9.17) is 0 Å². The number of rotatable bonds is 4. The number of nitrogens with zero attached hydrogens (tertiary/aromatic N) is 1. The molecule has 0 bridgehead atoms. The van der Waals surface area contributed by atoms with Gasteiger partial charge in [-0.1, -0.05) is 106 Å². The summed E-state index contributed by atoms with van der Waals surface area (Å²) in [5.74, 6) is 0.975. The summed E-state index contributed by atoms with van der Waals surface area (Å²) in [6.07, 6.45) is 3.66. The van der Waals surface area contributed by atoms with Gasteiger partial charge in [-0.3, -0.25) is 0 Å². The predicted octanol–water partition coefficient (Wildman–Crippen LogP) is 9.38. The summed E-state index contributed by atoms with van der Waals surface area (Å²) >= 11 is 0. The van der Waals surface area contributed by atoms with E-state index < -0.39 is 0 Å². The monoisotopic (exact) mass is 460 g/mol. The van der Waals surface area contributed by atoms with Crippen LogP contribution in [0.5, 0.6) is 0 Å². The maximum atomic E-state index is 2.64. The molecule has 1 aliphatic heterocycles. The zero-order valence-electron chi connectivity index (χ0n) is 24.4. The standard InChI is InChI=1S/C33H50N/c1-22(2)27-15-14-16-28(23(3)4)29(27)34-21-33(13,20-32(34,11)12)26-18-24(30(5,6)7)17-25(19-26)31(8,9)10/h14-19,21-23H,20H2,1-13H3/q+1. The van der Waals surface area contributed by atoms with E-state index in [9.17, 15) is 0 Å². The third-order valence-corrected chi connectivity index (χ3v) is 7.77. The van der Waals surface area contributed by atoms with Gasteiger partial charge in [-0.25, -0.2) is 0 Å². The summed E-state index contributed by atoms with van der Waals surface area (Å²) in [7, 11) is 0. The first-order chi connectivity index (χ1) is 15.4. The van der Waals surface area contributed by atoms with Gasteiger partial charge in [0.15, 0.2) is 11.8 Å². The zero-order chi connectivity index (χ0) is 25.9. The fourth-order valence-corrected chi connectivity index (χ4v) is 5.65. The molecule has 1 aliphatic rings. The maximum Gasteiger partial charge on any atom is 0.212 e. The molecule has 0 aromatic heterocycles. The van der Waals surface area contributed by atoms with Gasteiger partial charge in [0.25, 0.3) is 0 Å². The van der Waals surface area contributed by atoms with Crippen LogP contribution in [0.15, 0.2) is 36.4 Å². The van der Waals surface area contributed by atoms with Gasteiger partial charge in [-0.15, -0.1) is 0 Å². The molecule has 3 rings (SSSR count). The van der Waals surface area contributed by atoms with E-state index in [-0.39, 0.29) is 21.8 Å². The smallest absolute Gasteiger partial charge is 0.196 e. The van der Waals surface area contributed by atoms with Crippen LogP contribution in [0.1, 0.15) is 136 Å².